The third kappa shape index (κ3) is 5.73. The summed E-state index contributed by atoms with van der Waals surface area (Å²) in [5.74, 6) is 1.13. The Morgan fingerprint density at radius 1 is 1.41 bits per heavy atom. The molecule has 7 heteroatoms. The summed E-state index contributed by atoms with van der Waals surface area (Å²) in [6.07, 6.45) is 1.14. The first-order valence-corrected chi connectivity index (χ1v) is 8.64. The van der Waals surface area contributed by atoms with E-state index in [1.165, 1.54) is 11.3 Å². The van der Waals surface area contributed by atoms with Gasteiger partial charge in [-0.15, -0.1) is 10.2 Å². The molecular formula is C15H18BrN3O2S. The van der Waals surface area contributed by atoms with E-state index >= 15 is 0 Å². The molecule has 22 heavy (non-hydrogen) atoms. The number of benzene rings is 1. The number of carbonyl (C=O) groups is 1. The van der Waals surface area contributed by atoms with Crippen LogP contribution in [0.25, 0.3) is 0 Å². The van der Waals surface area contributed by atoms with Crippen molar-refractivity contribution in [2.24, 2.45) is 5.92 Å². The Morgan fingerprint density at radius 3 is 2.95 bits per heavy atom. The first-order chi connectivity index (χ1) is 10.5. The molecule has 0 saturated carbocycles. The van der Waals surface area contributed by atoms with Crippen molar-refractivity contribution < 1.29 is 9.53 Å². The van der Waals surface area contributed by atoms with Crippen LogP contribution in [0.4, 0.5) is 5.13 Å². The molecule has 0 aliphatic heterocycles. The minimum atomic E-state index is -0.123. The number of hydrogen-bond acceptors (Lipinski definition) is 5. The van der Waals surface area contributed by atoms with Crippen LogP contribution in [0.5, 0.6) is 5.75 Å². The summed E-state index contributed by atoms with van der Waals surface area (Å²) in [4.78, 5) is 11.8. The Morgan fingerprint density at radius 2 is 2.23 bits per heavy atom. The molecule has 0 spiro atoms. The number of nitrogens with one attached hydrogen (secondary N) is 1. The van der Waals surface area contributed by atoms with Gasteiger partial charge in [-0.1, -0.05) is 47.2 Å². The van der Waals surface area contributed by atoms with Gasteiger partial charge in [0.1, 0.15) is 10.8 Å². The summed E-state index contributed by atoms with van der Waals surface area (Å²) in [7, 11) is 0. The van der Waals surface area contributed by atoms with E-state index in [1.54, 1.807) is 0 Å². The molecule has 0 radical (unpaired) electrons. The monoisotopic (exact) mass is 383 g/mol. The second-order valence-corrected chi connectivity index (χ2v) is 7.18. The Kier molecular flexibility index (Phi) is 6.33. The van der Waals surface area contributed by atoms with Gasteiger partial charge in [0.15, 0.2) is 0 Å². The second kappa shape index (κ2) is 8.24. The van der Waals surface area contributed by atoms with Gasteiger partial charge in [-0.3, -0.25) is 4.79 Å². The zero-order chi connectivity index (χ0) is 15.9. The van der Waals surface area contributed by atoms with Crippen LogP contribution in [0.1, 0.15) is 25.3 Å². The molecule has 5 nitrogen and oxygen atoms in total. The first kappa shape index (κ1) is 16.9. The van der Waals surface area contributed by atoms with Crippen molar-refractivity contribution in [2.75, 3.05) is 11.9 Å². The van der Waals surface area contributed by atoms with Gasteiger partial charge in [0, 0.05) is 10.9 Å². The fourth-order valence-corrected chi connectivity index (χ4v) is 3.08. The molecule has 0 fully saturated rings. The second-order valence-electron chi connectivity index (χ2n) is 5.20. The number of rotatable bonds is 7. The average molecular weight is 384 g/mol. The van der Waals surface area contributed by atoms with Crippen molar-refractivity contribution >= 4 is 38.3 Å². The summed E-state index contributed by atoms with van der Waals surface area (Å²) in [5.41, 5.74) is 0. The molecule has 0 bridgehead atoms. The molecular weight excluding hydrogens is 366 g/mol. The predicted octanol–water partition coefficient (Wildman–Crippen LogP) is 3.91. The van der Waals surface area contributed by atoms with Crippen molar-refractivity contribution in [1.29, 1.82) is 0 Å². The van der Waals surface area contributed by atoms with Gasteiger partial charge < -0.3 is 10.1 Å². The van der Waals surface area contributed by atoms with Crippen LogP contribution in [-0.2, 0) is 11.2 Å². The fourth-order valence-electron chi connectivity index (χ4n) is 1.74. The number of amides is 1. The molecule has 0 unspecified atom stereocenters. The molecule has 1 aromatic carbocycles. The molecule has 1 heterocycles. The van der Waals surface area contributed by atoms with Gasteiger partial charge in [-0.05, 0) is 24.1 Å². The summed E-state index contributed by atoms with van der Waals surface area (Å²) in [5, 5.41) is 12.3. The number of carbonyl (C=O) groups excluding carboxylic acids is 1. The molecule has 1 amide bonds. The molecule has 0 atom stereocenters. The average Bonchev–Trinajstić information content (AvgIpc) is 2.85. The fraction of sp³-hybridized carbons (Fsp3) is 0.400. The molecule has 2 rings (SSSR count). The molecule has 1 aromatic heterocycles. The minimum absolute atomic E-state index is 0.123. The van der Waals surface area contributed by atoms with E-state index in [-0.39, 0.29) is 12.3 Å². The highest BCUT2D eigenvalue weighted by Gasteiger charge is 2.09. The van der Waals surface area contributed by atoms with E-state index in [0.717, 1.165) is 21.7 Å². The third-order valence-electron chi connectivity index (χ3n) is 2.69. The molecule has 2 aromatic rings. The Labute approximate surface area is 142 Å². The lowest BCUT2D eigenvalue weighted by Crippen LogP contribution is -2.15. The number of nitrogens with zero attached hydrogens (tertiary/aromatic N) is 2. The van der Waals surface area contributed by atoms with E-state index in [1.807, 2.05) is 24.3 Å². The van der Waals surface area contributed by atoms with Gasteiger partial charge in [0.2, 0.25) is 11.0 Å². The number of hydrogen-bond donors (Lipinski definition) is 1. The highest BCUT2D eigenvalue weighted by molar-refractivity contribution is 9.10. The van der Waals surface area contributed by atoms with Crippen molar-refractivity contribution in [2.45, 2.75) is 26.7 Å². The Hall–Kier alpha value is -1.47. The summed E-state index contributed by atoms with van der Waals surface area (Å²) < 4.78 is 6.47. The van der Waals surface area contributed by atoms with Crippen LogP contribution in [0, 0.1) is 5.92 Å². The maximum absolute atomic E-state index is 11.8. The minimum Gasteiger partial charge on any atom is -0.493 e. The third-order valence-corrected chi connectivity index (χ3v) is 4.04. The van der Waals surface area contributed by atoms with E-state index in [2.05, 4.69) is 45.3 Å². The smallest absolute Gasteiger partial charge is 0.229 e. The van der Waals surface area contributed by atoms with Gasteiger partial charge >= 0.3 is 0 Å². The summed E-state index contributed by atoms with van der Waals surface area (Å²) in [6.45, 7) is 4.57. The van der Waals surface area contributed by atoms with Crippen molar-refractivity contribution in [3.8, 4) is 5.75 Å². The number of ether oxygens (including phenoxy) is 1. The van der Waals surface area contributed by atoms with Gasteiger partial charge in [-0.25, -0.2) is 0 Å². The molecule has 1 N–H and O–H groups in total. The van der Waals surface area contributed by atoms with Crippen LogP contribution in [0.2, 0.25) is 0 Å². The number of aromatic nitrogens is 2. The van der Waals surface area contributed by atoms with Crippen LogP contribution in [0.15, 0.2) is 28.7 Å². The highest BCUT2D eigenvalue weighted by Crippen LogP contribution is 2.19. The summed E-state index contributed by atoms with van der Waals surface area (Å²) in [6, 6.07) is 7.52. The highest BCUT2D eigenvalue weighted by atomic mass is 79.9. The molecule has 118 valence electrons. The topological polar surface area (TPSA) is 64.1 Å². The van der Waals surface area contributed by atoms with Crippen molar-refractivity contribution in [3.63, 3.8) is 0 Å². The number of halogens is 1. The standard InChI is InChI=1S/C15H18BrN3O2S/c1-10(2)8-14-18-19-15(22-14)17-13(20)6-7-21-12-5-3-4-11(16)9-12/h3-5,9-10H,6-8H2,1-2H3,(H,17,19,20). The Balaban J connectivity index is 1.74. The first-order valence-electron chi connectivity index (χ1n) is 7.03. The van der Waals surface area contributed by atoms with Gasteiger partial charge in [-0.2, -0.15) is 0 Å². The summed E-state index contributed by atoms with van der Waals surface area (Å²) >= 11 is 4.79. The van der Waals surface area contributed by atoms with E-state index in [0.29, 0.717) is 17.7 Å². The van der Waals surface area contributed by atoms with Crippen LogP contribution in [0.3, 0.4) is 0 Å². The zero-order valence-electron chi connectivity index (χ0n) is 12.5. The predicted molar refractivity (Wildman–Crippen MR) is 91.3 cm³/mol. The van der Waals surface area contributed by atoms with Gasteiger partial charge in [0.05, 0.1) is 13.0 Å². The lowest BCUT2D eigenvalue weighted by atomic mass is 10.1. The van der Waals surface area contributed by atoms with Crippen molar-refractivity contribution in [3.05, 3.63) is 33.7 Å². The van der Waals surface area contributed by atoms with Crippen LogP contribution >= 0.6 is 27.3 Å². The van der Waals surface area contributed by atoms with Crippen LogP contribution in [-0.4, -0.2) is 22.7 Å². The maximum Gasteiger partial charge on any atom is 0.229 e. The molecule has 0 aliphatic rings. The SMILES string of the molecule is CC(C)Cc1nnc(NC(=O)CCOc2cccc(Br)c2)s1. The maximum atomic E-state index is 11.8. The molecule has 0 saturated heterocycles. The zero-order valence-corrected chi connectivity index (χ0v) is 14.9. The van der Waals surface area contributed by atoms with Crippen LogP contribution < -0.4 is 10.1 Å². The van der Waals surface area contributed by atoms with Gasteiger partial charge in [0.25, 0.3) is 0 Å². The lowest BCUT2D eigenvalue weighted by molar-refractivity contribution is -0.116. The molecule has 0 aliphatic carbocycles. The normalized spacial score (nSPS) is 10.7. The largest absolute Gasteiger partial charge is 0.493 e. The quantitative estimate of drug-likeness (QED) is 0.786. The van der Waals surface area contributed by atoms with Crippen molar-refractivity contribution in [1.82, 2.24) is 10.2 Å². The van der Waals surface area contributed by atoms with E-state index in [4.69, 9.17) is 4.74 Å². The van der Waals surface area contributed by atoms with E-state index in [9.17, 15) is 4.79 Å². The Bertz CT molecular complexity index is 631. The lowest BCUT2D eigenvalue weighted by Gasteiger charge is -2.06. The van der Waals surface area contributed by atoms with E-state index < -0.39 is 0 Å². The number of anilines is 1.